The van der Waals surface area contributed by atoms with Gasteiger partial charge in [-0.2, -0.15) is 10.5 Å². The minimum absolute atomic E-state index is 0.0145. The summed E-state index contributed by atoms with van der Waals surface area (Å²) in [7, 11) is 1.47. The van der Waals surface area contributed by atoms with Gasteiger partial charge in [0, 0.05) is 10.0 Å². The van der Waals surface area contributed by atoms with Gasteiger partial charge in [-0.25, -0.2) is 4.98 Å². The van der Waals surface area contributed by atoms with Crippen LogP contribution < -0.4 is 10.5 Å². The summed E-state index contributed by atoms with van der Waals surface area (Å²) in [6, 6.07) is 7.50. The lowest BCUT2D eigenvalue weighted by molar-refractivity contribution is 0.373. The van der Waals surface area contributed by atoms with E-state index >= 15 is 0 Å². The molecule has 1 aliphatic rings. The van der Waals surface area contributed by atoms with Gasteiger partial charge in [0.2, 0.25) is 0 Å². The van der Waals surface area contributed by atoms with E-state index in [1.165, 1.54) is 7.11 Å². The number of benzene rings is 1. The second kappa shape index (κ2) is 6.79. The summed E-state index contributed by atoms with van der Waals surface area (Å²) in [5, 5.41) is 28.9. The topological polar surface area (TPSA) is 116 Å². The van der Waals surface area contributed by atoms with Gasteiger partial charge < -0.3 is 15.6 Å². The molecule has 0 bridgehead atoms. The van der Waals surface area contributed by atoms with Crippen LogP contribution in [0.3, 0.4) is 0 Å². The Balaban J connectivity index is 2.34. The molecule has 0 unspecified atom stereocenters. The molecule has 1 heterocycles. The van der Waals surface area contributed by atoms with E-state index in [0.29, 0.717) is 38.2 Å². The Morgan fingerprint density at radius 3 is 2.56 bits per heavy atom. The van der Waals surface area contributed by atoms with Crippen LogP contribution in [0.5, 0.6) is 11.5 Å². The molecule has 3 rings (SSSR count). The van der Waals surface area contributed by atoms with Crippen molar-refractivity contribution in [3.05, 3.63) is 50.1 Å². The number of nitrogens with zero attached hydrogens (tertiary/aromatic N) is 3. The molecule has 1 aromatic carbocycles. The number of nitrogen functional groups attached to an aromatic ring is 1. The van der Waals surface area contributed by atoms with Crippen LogP contribution in [0.2, 0.25) is 0 Å². The number of hydrogen-bond donors (Lipinski definition) is 2. The molecule has 1 aliphatic carbocycles. The highest BCUT2D eigenvalue weighted by molar-refractivity contribution is 9.10. The quantitative estimate of drug-likeness (QED) is 0.749. The molecule has 7 heteroatoms. The fraction of sp³-hybridized carbons (Fsp3) is 0.150. The summed E-state index contributed by atoms with van der Waals surface area (Å²) in [5.74, 6) is 0.457. The Hall–Kier alpha value is -3.29. The van der Waals surface area contributed by atoms with Crippen LogP contribution in [0.15, 0.2) is 22.2 Å². The van der Waals surface area contributed by atoms with Crippen molar-refractivity contribution >= 4 is 39.0 Å². The summed E-state index contributed by atoms with van der Waals surface area (Å²) in [6.07, 6.45) is 1.87. The predicted molar refractivity (Wildman–Crippen MR) is 107 cm³/mol. The standard InChI is InChI=1S/C20H15BrN4O2/c1-9-12(4-11-5-17(27-3)16(26)6-15(11)21)18-10(2)14(8-23)20(24)25-19(18)13(9)7-22/h4-6,26H,1-3H3,(H2,24,25)/b12-4+. The number of rotatable bonds is 2. The molecule has 0 fully saturated rings. The Morgan fingerprint density at radius 1 is 1.26 bits per heavy atom. The van der Waals surface area contributed by atoms with Gasteiger partial charge in [0.05, 0.1) is 23.9 Å². The molecule has 3 N–H and O–H groups in total. The third kappa shape index (κ3) is 2.83. The highest BCUT2D eigenvalue weighted by Crippen LogP contribution is 2.45. The van der Waals surface area contributed by atoms with Crippen molar-refractivity contribution in [1.82, 2.24) is 4.98 Å². The minimum Gasteiger partial charge on any atom is -0.504 e. The van der Waals surface area contributed by atoms with Gasteiger partial charge in [-0.1, -0.05) is 15.9 Å². The lowest BCUT2D eigenvalue weighted by atomic mass is 9.95. The number of phenolic OH excluding ortho intramolecular Hbond substituents is 1. The van der Waals surface area contributed by atoms with Gasteiger partial charge in [0.1, 0.15) is 18.0 Å². The molecule has 1 aromatic heterocycles. The number of pyridine rings is 1. The monoisotopic (exact) mass is 422 g/mol. The highest BCUT2D eigenvalue weighted by atomic mass is 79.9. The molecule has 0 saturated heterocycles. The van der Waals surface area contributed by atoms with E-state index in [4.69, 9.17) is 10.5 Å². The first-order valence-corrected chi connectivity index (χ1v) is 8.73. The lowest BCUT2D eigenvalue weighted by Gasteiger charge is -2.12. The third-order valence-corrected chi connectivity index (χ3v) is 5.27. The number of halogens is 1. The van der Waals surface area contributed by atoms with Crippen molar-refractivity contribution in [3.8, 4) is 23.6 Å². The van der Waals surface area contributed by atoms with Crippen molar-refractivity contribution in [2.24, 2.45) is 0 Å². The minimum atomic E-state index is 0.0145. The lowest BCUT2D eigenvalue weighted by Crippen LogP contribution is -2.03. The van der Waals surface area contributed by atoms with Crippen LogP contribution in [-0.4, -0.2) is 17.2 Å². The molecule has 0 radical (unpaired) electrons. The number of allylic oxidation sites excluding steroid dienone is 3. The molecule has 6 nitrogen and oxygen atoms in total. The number of aromatic hydroxyl groups is 1. The van der Waals surface area contributed by atoms with Crippen molar-refractivity contribution in [2.75, 3.05) is 12.8 Å². The summed E-state index contributed by atoms with van der Waals surface area (Å²) in [5.41, 5.74) is 10.8. The molecular formula is C20H15BrN4O2. The summed E-state index contributed by atoms with van der Waals surface area (Å²) in [4.78, 5) is 4.31. The number of phenols is 1. The molecular weight excluding hydrogens is 408 g/mol. The average Bonchev–Trinajstić information content (AvgIpc) is 2.88. The first kappa shape index (κ1) is 18.5. The van der Waals surface area contributed by atoms with Gasteiger partial charge in [0.15, 0.2) is 11.5 Å². The van der Waals surface area contributed by atoms with Crippen LogP contribution in [-0.2, 0) is 0 Å². The summed E-state index contributed by atoms with van der Waals surface area (Å²) in [6.45, 7) is 3.63. The van der Waals surface area contributed by atoms with E-state index in [2.05, 4.69) is 33.1 Å². The number of anilines is 1. The van der Waals surface area contributed by atoms with Crippen LogP contribution in [0.25, 0.3) is 17.2 Å². The molecule has 134 valence electrons. The second-order valence-electron chi connectivity index (χ2n) is 6.05. The first-order valence-electron chi connectivity index (χ1n) is 7.94. The number of hydrogen-bond acceptors (Lipinski definition) is 6. The summed E-state index contributed by atoms with van der Waals surface area (Å²) < 4.78 is 5.84. The highest BCUT2D eigenvalue weighted by Gasteiger charge is 2.29. The van der Waals surface area contributed by atoms with E-state index in [1.807, 2.05) is 13.0 Å². The van der Waals surface area contributed by atoms with E-state index < -0.39 is 0 Å². The Kier molecular flexibility index (Phi) is 4.65. The van der Waals surface area contributed by atoms with E-state index in [0.717, 1.165) is 16.7 Å². The molecule has 27 heavy (non-hydrogen) atoms. The third-order valence-electron chi connectivity index (χ3n) is 4.58. The molecule has 0 atom stereocenters. The fourth-order valence-electron chi connectivity index (χ4n) is 3.18. The van der Waals surface area contributed by atoms with Crippen LogP contribution in [0.4, 0.5) is 5.82 Å². The molecule has 0 aliphatic heterocycles. The molecule has 0 amide bonds. The Bertz CT molecular complexity index is 1130. The van der Waals surface area contributed by atoms with Crippen LogP contribution in [0.1, 0.15) is 34.9 Å². The van der Waals surface area contributed by atoms with Gasteiger partial charge in [-0.3, -0.25) is 0 Å². The normalized spacial score (nSPS) is 14.1. The molecule has 2 aromatic rings. The number of ether oxygens (including phenoxy) is 1. The number of nitriles is 2. The van der Waals surface area contributed by atoms with Crippen LogP contribution in [0, 0.1) is 29.6 Å². The van der Waals surface area contributed by atoms with Gasteiger partial charge >= 0.3 is 0 Å². The summed E-state index contributed by atoms with van der Waals surface area (Å²) >= 11 is 3.44. The van der Waals surface area contributed by atoms with E-state index in [1.54, 1.807) is 19.1 Å². The van der Waals surface area contributed by atoms with E-state index in [-0.39, 0.29) is 11.6 Å². The number of fused-ring (bicyclic) bond motifs is 1. The van der Waals surface area contributed by atoms with Crippen LogP contribution >= 0.6 is 15.9 Å². The Morgan fingerprint density at radius 2 is 1.96 bits per heavy atom. The fourth-order valence-corrected chi connectivity index (χ4v) is 3.63. The SMILES string of the molecule is COc1cc(/C=C2\C(C)=C(C#N)c3nc(N)c(C#N)c(C)c32)c(Br)cc1O. The maximum atomic E-state index is 9.92. The van der Waals surface area contributed by atoms with Crippen molar-refractivity contribution in [1.29, 1.82) is 10.5 Å². The second-order valence-corrected chi connectivity index (χ2v) is 6.90. The first-order chi connectivity index (χ1) is 12.8. The maximum Gasteiger partial charge on any atom is 0.161 e. The van der Waals surface area contributed by atoms with Crippen molar-refractivity contribution < 1.29 is 9.84 Å². The van der Waals surface area contributed by atoms with Gasteiger partial charge in [-0.15, -0.1) is 0 Å². The number of nitrogens with two attached hydrogens (primary N) is 1. The largest absolute Gasteiger partial charge is 0.504 e. The smallest absolute Gasteiger partial charge is 0.161 e. The zero-order chi connectivity index (χ0) is 19.9. The zero-order valence-electron chi connectivity index (χ0n) is 14.9. The van der Waals surface area contributed by atoms with Gasteiger partial charge in [-0.05, 0) is 54.3 Å². The zero-order valence-corrected chi connectivity index (χ0v) is 16.5. The maximum absolute atomic E-state index is 9.92. The predicted octanol–water partition coefficient (Wildman–Crippen LogP) is 4.17. The molecule has 0 spiro atoms. The van der Waals surface area contributed by atoms with Crippen molar-refractivity contribution in [2.45, 2.75) is 13.8 Å². The van der Waals surface area contributed by atoms with Crippen molar-refractivity contribution in [3.63, 3.8) is 0 Å². The Labute approximate surface area is 165 Å². The average molecular weight is 423 g/mol. The van der Waals surface area contributed by atoms with Gasteiger partial charge in [0.25, 0.3) is 0 Å². The number of methoxy groups -OCH3 is 1. The molecule has 0 saturated carbocycles. The number of aromatic nitrogens is 1. The van der Waals surface area contributed by atoms with E-state index in [9.17, 15) is 15.6 Å².